The fourth-order valence-electron chi connectivity index (χ4n) is 2.13. The molecule has 0 saturated heterocycles. The van der Waals surface area contributed by atoms with E-state index in [2.05, 4.69) is 16.4 Å². The lowest BCUT2D eigenvalue weighted by Crippen LogP contribution is -2.24. The van der Waals surface area contributed by atoms with Crippen molar-refractivity contribution in [3.8, 4) is 0 Å². The lowest BCUT2D eigenvalue weighted by Gasteiger charge is -2.12. The summed E-state index contributed by atoms with van der Waals surface area (Å²) in [6, 6.07) is 8.09. The van der Waals surface area contributed by atoms with Crippen molar-refractivity contribution < 1.29 is 0 Å². The molecule has 0 aliphatic heterocycles. The molecule has 0 bridgehead atoms. The average molecular weight is 306 g/mol. The van der Waals surface area contributed by atoms with E-state index in [1.165, 1.54) is 5.56 Å². The third-order valence-electron chi connectivity index (χ3n) is 3.21. The summed E-state index contributed by atoms with van der Waals surface area (Å²) in [6.45, 7) is 3.94. The van der Waals surface area contributed by atoms with Crippen LogP contribution >= 0.6 is 11.6 Å². The highest BCUT2D eigenvalue weighted by atomic mass is 35.5. The van der Waals surface area contributed by atoms with Crippen molar-refractivity contribution in [3.05, 3.63) is 52.6 Å². The number of nitrogens with one attached hydrogen (secondary N) is 1. The van der Waals surface area contributed by atoms with E-state index in [1.54, 1.807) is 17.0 Å². The van der Waals surface area contributed by atoms with Crippen LogP contribution in [0, 0.1) is 0 Å². The van der Waals surface area contributed by atoms with E-state index in [0.717, 1.165) is 18.5 Å². The highest BCUT2D eigenvalue weighted by molar-refractivity contribution is 6.17. The molecule has 0 aliphatic carbocycles. The maximum absolute atomic E-state index is 12.3. The first-order chi connectivity index (χ1) is 10.1. The summed E-state index contributed by atoms with van der Waals surface area (Å²) in [5.74, 6) is 0.998. The quantitative estimate of drug-likeness (QED) is 0.827. The zero-order valence-corrected chi connectivity index (χ0v) is 13.1. The van der Waals surface area contributed by atoms with Gasteiger partial charge in [-0.1, -0.05) is 12.1 Å². The normalized spacial score (nSPS) is 10.9. The maximum Gasteiger partial charge on any atom is 0.293 e. The Bertz CT molecular complexity index is 652. The lowest BCUT2D eigenvalue weighted by molar-refractivity contribution is 0.576. The van der Waals surface area contributed by atoms with Gasteiger partial charge in [0.25, 0.3) is 5.56 Å². The molecule has 0 fully saturated rings. The summed E-state index contributed by atoms with van der Waals surface area (Å²) >= 11 is 5.72. The van der Waals surface area contributed by atoms with Crippen LogP contribution in [0.3, 0.4) is 0 Å². The van der Waals surface area contributed by atoms with Gasteiger partial charge in [0.2, 0.25) is 0 Å². The molecular weight excluding hydrogens is 286 g/mol. The highest BCUT2D eigenvalue weighted by Gasteiger charge is 2.07. The molecule has 1 N–H and O–H groups in total. The minimum Gasteiger partial charge on any atom is -0.336 e. The van der Waals surface area contributed by atoms with Crippen LogP contribution < -0.4 is 10.9 Å². The van der Waals surface area contributed by atoms with Crippen LogP contribution in [-0.4, -0.2) is 15.4 Å². The lowest BCUT2D eigenvalue weighted by atomic mass is 10.1. The average Bonchev–Trinajstić information content (AvgIpc) is 2.47. The van der Waals surface area contributed by atoms with Crippen LogP contribution in [0.2, 0.25) is 0 Å². The van der Waals surface area contributed by atoms with E-state index >= 15 is 0 Å². The molecule has 21 heavy (non-hydrogen) atoms. The van der Waals surface area contributed by atoms with E-state index in [-0.39, 0.29) is 11.6 Å². The van der Waals surface area contributed by atoms with Crippen LogP contribution in [0.5, 0.6) is 0 Å². The Morgan fingerprint density at radius 2 is 2.19 bits per heavy atom. The van der Waals surface area contributed by atoms with Gasteiger partial charge < -0.3 is 9.88 Å². The second kappa shape index (κ2) is 7.27. The first kappa shape index (κ1) is 15.6. The molecule has 0 aliphatic rings. The summed E-state index contributed by atoms with van der Waals surface area (Å²) in [6.07, 6.45) is 5.21. The Balaban J connectivity index is 2.22. The molecule has 2 aromatic rings. The van der Waals surface area contributed by atoms with Crippen LogP contribution in [0.4, 0.5) is 11.5 Å². The summed E-state index contributed by atoms with van der Waals surface area (Å²) < 4.78 is 1.66. The summed E-state index contributed by atoms with van der Waals surface area (Å²) in [5.41, 5.74) is 1.95. The monoisotopic (exact) mass is 305 g/mol. The molecule has 0 spiro atoms. The molecule has 0 saturated carbocycles. The van der Waals surface area contributed by atoms with Crippen molar-refractivity contribution in [3.63, 3.8) is 0 Å². The van der Waals surface area contributed by atoms with Crippen molar-refractivity contribution in [2.45, 2.75) is 32.7 Å². The Morgan fingerprint density at radius 3 is 2.90 bits per heavy atom. The number of aromatic nitrogens is 2. The van der Waals surface area contributed by atoms with E-state index in [0.29, 0.717) is 11.7 Å². The topological polar surface area (TPSA) is 46.9 Å². The molecule has 0 atom stereocenters. The predicted molar refractivity (Wildman–Crippen MR) is 87.6 cm³/mol. The smallest absolute Gasteiger partial charge is 0.293 e. The number of hydrogen-bond acceptors (Lipinski definition) is 3. The first-order valence-electron chi connectivity index (χ1n) is 7.11. The molecule has 1 aromatic carbocycles. The number of anilines is 2. The SMILES string of the molecule is CC(C)n1ccnc(Nc2cccc(CCCCl)c2)c1=O. The molecule has 4 nitrogen and oxygen atoms in total. The van der Waals surface area contributed by atoms with Gasteiger partial charge in [0.05, 0.1) is 0 Å². The Labute approximate surface area is 129 Å². The number of benzene rings is 1. The van der Waals surface area contributed by atoms with Crippen molar-refractivity contribution in [2.24, 2.45) is 0 Å². The number of halogens is 1. The van der Waals surface area contributed by atoms with Crippen LogP contribution in [0.1, 0.15) is 31.9 Å². The number of hydrogen-bond donors (Lipinski definition) is 1. The van der Waals surface area contributed by atoms with Gasteiger partial charge in [-0.3, -0.25) is 4.79 Å². The minimum absolute atomic E-state index is 0.108. The van der Waals surface area contributed by atoms with Gasteiger partial charge in [0.15, 0.2) is 5.82 Å². The first-order valence-corrected chi connectivity index (χ1v) is 7.64. The van der Waals surface area contributed by atoms with Gasteiger partial charge in [-0.2, -0.15) is 0 Å². The maximum atomic E-state index is 12.3. The summed E-state index contributed by atoms with van der Waals surface area (Å²) in [7, 11) is 0. The Hall–Kier alpha value is -1.81. The van der Waals surface area contributed by atoms with Crippen molar-refractivity contribution in [2.75, 3.05) is 11.2 Å². The molecule has 1 aromatic heterocycles. The van der Waals surface area contributed by atoms with E-state index < -0.39 is 0 Å². The molecule has 1 heterocycles. The molecule has 0 unspecified atom stereocenters. The fraction of sp³-hybridized carbons (Fsp3) is 0.375. The molecule has 2 rings (SSSR count). The number of rotatable bonds is 6. The molecular formula is C16H20ClN3O. The highest BCUT2D eigenvalue weighted by Crippen LogP contribution is 2.15. The van der Waals surface area contributed by atoms with E-state index in [9.17, 15) is 4.79 Å². The largest absolute Gasteiger partial charge is 0.336 e. The van der Waals surface area contributed by atoms with E-state index in [1.807, 2.05) is 32.0 Å². The Morgan fingerprint density at radius 1 is 1.38 bits per heavy atom. The second-order valence-electron chi connectivity index (χ2n) is 5.20. The fourth-order valence-corrected chi connectivity index (χ4v) is 2.26. The second-order valence-corrected chi connectivity index (χ2v) is 5.58. The summed E-state index contributed by atoms with van der Waals surface area (Å²) in [5, 5.41) is 3.11. The number of alkyl halides is 1. The molecule has 112 valence electrons. The van der Waals surface area contributed by atoms with Gasteiger partial charge in [-0.05, 0) is 44.4 Å². The molecule has 5 heteroatoms. The van der Waals surface area contributed by atoms with Crippen LogP contribution in [-0.2, 0) is 6.42 Å². The van der Waals surface area contributed by atoms with Crippen LogP contribution in [0.15, 0.2) is 41.5 Å². The summed E-state index contributed by atoms with van der Waals surface area (Å²) in [4.78, 5) is 16.4. The van der Waals surface area contributed by atoms with Gasteiger partial charge >= 0.3 is 0 Å². The zero-order valence-electron chi connectivity index (χ0n) is 12.3. The molecule has 0 radical (unpaired) electrons. The van der Waals surface area contributed by atoms with Crippen molar-refractivity contribution >= 4 is 23.1 Å². The van der Waals surface area contributed by atoms with Crippen molar-refractivity contribution in [1.29, 1.82) is 0 Å². The van der Waals surface area contributed by atoms with Gasteiger partial charge in [0.1, 0.15) is 0 Å². The standard InChI is InChI=1S/C16H20ClN3O/c1-12(2)20-10-9-18-15(16(20)21)19-14-7-3-5-13(11-14)6-4-8-17/h3,5,7,9-12H,4,6,8H2,1-2H3,(H,18,19). The number of nitrogens with zero attached hydrogens (tertiary/aromatic N) is 2. The van der Waals surface area contributed by atoms with Crippen molar-refractivity contribution in [1.82, 2.24) is 9.55 Å². The van der Waals surface area contributed by atoms with Crippen LogP contribution in [0.25, 0.3) is 0 Å². The number of aryl methyl sites for hydroxylation is 1. The van der Waals surface area contributed by atoms with E-state index in [4.69, 9.17) is 11.6 Å². The third-order valence-corrected chi connectivity index (χ3v) is 3.48. The molecule has 0 amide bonds. The zero-order chi connectivity index (χ0) is 15.2. The predicted octanol–water partition coefficient (Wildman–Crippen LogP) is 3.74. The Kier molecular flexibility index (Phi) is 5.39. The van der Waals surface area contributed by atoms with Gasteiger partial charge in [-0.15, -0.1) is 11.6 Å². The third kappa shape index (κ3) is 4.08. The van der Waals surface area contributed by atoms with Gasteiger partial charge in [0, 0.05) is 30.0 Å². The minimum atomic E-state index is -0.112. The van der Waals surface area contributed by atoms with Gasteiger partial charge in [-0.25, -0.2) is 4.98 Å².